The fourth-order valence-electron chi connectivity index (χ4n) is 0.475. The van der Waals surface area contributed by atoms with Crippen LogP contribution in [0.5, 0.6) is 0 Å². The van der Waals surface area contributed by atoms with Crippen molar-refractivity contribution in [2.75, 3.05) is 0 Å². The van der Waals surface area contributed by atoms with E-state index in [0.717, 1.165) is 0 Å². The molecule has 0 aromatic rings. The highest BCUT2D eigenvalue weighted by Gasteiger charge is 2.30. The Labute approximate surface area is 56.9 Å². The van der Waals surface area contributed by atoms with Crippen LogP contribution in [0, 0.1) is 12.3 Å². The van der Waals surface area contributed by atoms with Crippen LogP contribution in [-0.2, 0) is 0 Å². The maximum absolute atomic E-state index is 11.4. The van der Waals surface area contributed by atoms with Crippen LogP contribution >= 0.6 is 0 Å². The minimum atomic E-state index is -4.32. The lowest BCUT2D eigenvalue weighted by Crippen LogP contribution is -2.18. The van der Waals surface area contributed by atoms with Crippen molar-refractivity contribution in [3.63, 3.8) is 0 Å². The number of rotatable bonds is 2. The van der Waals surface area contributed by atoms with Gasteiger partial charge in [-0.05, 0) is 0 Å². The maximum Gasteiger partial charge on any atom is 0.391 e. The Bertz CT molecular complexity index is 133. The third-order valence-electron chi connectivity index (χ3n) is 0.821. The Morgan fingerprint density at radius 1 is 1.50 bits per heavy atom. The van der Waals surface area contributed by atoms with Crippen molar-refractivity contribution in [1.82, 2.24) is 0 Å². The zero-order valence-corrected chi connectivity index (χ0v) is 5.15. The van der Waals surface area contributed by atoms with Crippen LogP contribution < -0.4 is 0 Å². The number of hydrogen-bond donors (Lipinski definition) is 1. The summed E-state index contributed by atoms with van der Waals surface area (Å²) in [4.78, 5) is 0. The highest BCUT2D eigenvalue weighted by Crippen LogP contribution is 2.22. The van der Waals surface area contributed by atoms with E-state index in [-0.39, 0.29) is 6.42 Å². The van der Waals surface area contributed by atoms with E-state index in [1.54, 1.807) is 0 Å². The highest BCUT2D eigenvalue weighted by molar-refractivity contribution is 4.87. The SMILES string of the molecule is C#CCC(O)CC(F)(F)F. The number of aliphatic hydroxyl groups excluding tert-OH is 1. The molecule has 1 unspecified atom stereocenters. The van der Waals surface area contributed by atoms with Gasteiger partial charge in [-0.15, -0.1) is 12.3 Å². The molecule has 0 rings (SSSR count). The number of halogens is 3. The minimum Gasteiger partial charge on any atom is -0.392 e. The zero-order chi connectivity index (χ0) is 8.20. The monoisotopic (exact) mass is 152 g/mol. The largest absolute Gasteiger partial charge is 0.392 e. The molecule has 1 N–H and O–H groups in total. The molecule has 0 amide bonds. The van der Waals surface area contributed by atoms with Gasteiger partial charge in [0.05, 0.1) is 12.5 Å². The lowest BCUT2D eigenvalue weighted by atomic mass is 10.2. The summed E-state index contributed by atoms with van der Waals surface area (Å²) in [5.41, 5.74) is 0. The molecular formula is C6H7F3O. The van der Waals surface area contributed by atoms with Crippen LogP contribution in [-0.4, -0.2) is 17.4 Å². The number of terminal acetylenes is 1. The second-order valence-corrected chi connectivity index (χ2v) is 1.88. The Balaban J connectivity index is 3.60. The lowest BCUT2D eigenvalue weighted by Gasteiger charge is -2.09. The fraction of sp³-hybridized carbons (Fsp3) is 0.667. The van der Waals surface area contributed by atoms with E-state index in [1.165, 1.54) is 0 Å². The van der Waals surface area contributed by atoms with Crippen molar-refractivity contribution in [2.24, 2.45) is 0 Å². The number of aliphatic hydroxyl groups is 1. The normalized spacial score (nSPS) is 14.3. The first-order valence-electron chi connectivity index (χ1n) is 2.64. The van der Waals surface area contributed by atoms with Crippen molar-refractivity contribution in [3.05, 3.63) is 0 Å². The quantitative estimate of drug-likeness (QED) is 0.591. The summed E-state index contributed by atoms with van der Waals surface area (Å²) < 4.78 is 34.2. The molecule has 58 valence electrons. The van der Waals surface area contributed by atoms with E-state index in [4.69, 9.17) is 5.11 Å². The average molecular weight is 152 g/mol. The molecule has 1 nitrogen and oxygen atoms in total. The topological polar surface area (TPSA) is 20.2 Å². The van der Waals surface area contributed by atoms with E-state index in [0.29, 0.717) is 0 Å². The summed E-state index contributed by atoms with van der Waals surface area (Å²) in [6, 6.07) is 0. The molecule has 0 fully saturated rings. The maximum atomic E-state index is 11.4. The number of hydrogen-bond acceptors (Lipinski definition) is 1. The molecule has 0 aromatic heterocycles. The summed E-state index contributed by atoms with van der Waals surface area (Å²) >= 11 is 0. The fourth-order valence-corrected chi connectivity index (χ4v) is 0.475. The molecule has 0 saturated heterocycles. The molecule has 4 heteroatoms. The Hall–Kier alpha value is -0.690. The van der Waals surface area contributed by atoms with E-state index < -0.39 is 18.7 Å². The second kappa shape index (κ2) is 3.47. The lowest BCUT2D eigenvalue weighted by molar-refractivity contribution is -0.152. The predicted octanol–water partition coefficient (Wildman–Crippen LogP) is 1.32. The molecule has 0 spiro atoms. The third kappa shape index (κ3) is 5.45. The molecule has 0 radical (unpaired) electrons. The summed E-state index contributed by atoms with van der Waals surface area (Å²) in [5, 5.41) is 8.52. The van der Waals surface area contributed by atoms with Gasteiger partial charge in [0.25, 0.3) is 0 Å². The van der Waals surface area contributed by atoms with Gasteiger partial charge in [-0.3, -0.25) is 0 Å². The minimum absolute atomic E-state index is 0.250. The molecule has 0 bridgehead atoms. The van der Waals surface area contributed by atoms with Crippen LogP contribution in [0.15, 0.2) is 0 Å². The van der Waals surface area contributed by atoms with Crippen molar-refractivity contribution in [1.29, 1.82) is 0 Å². The predicted molar refractivity (Wildman–Crippen MR) is 30.1 cm³/mol. The smallest absolute Gasteiger partial charge is 0.391 e. The van der Waals surface area contributed by atoms with Gasteiger partial charge in [-0.1, -0.05) is 0 Å². The molecule has 0 heterocycles. The second-order valence-electron chi connectivity index (χ2n) is 1.88. The summed E-state index contributed by atoms with van der Waals surface area (Å²) in [7, 11) is 0. The Morgan fingerprint density at radius 2 is 2.00 bits per heavy atom. The summed E-state index contributed by atoms with van der Waals surface area (Å²) in [5.74, 6) is 1.94. The Morgan fingerprint density at radius 3 is 2.30 bits per heavy atom. The van der Waals surface area contributed by atoms with Crippen molar-refractivity contribution < 1.29 is 18.3 Å². The third-order valence-corrected chi connectivity index (χ3v) is 0.821. The van der Waals surface area contributed by atoms with Gasteiger partial charge in [-0.25, -0.2) is 0 Å². The van der Waals surface area contributed by atoms with E-state index in [2.05, 4.69) is 6.42 Å². The van der Waals surface area contributed by atoms with Gasteiger partial charge in [0, 0.05) is 6.42 Å². The van der Waals surface area contributed by atoms with Crippen molar-refractivity contribution >= 4 is 0 Å². The first-order valence-corrected chi connectivity index (χ1v) is 2.64. The van der Waals surface area contributed by atoms with Crippen molar-refractivity contribution in [3.8, 4) is 12.3 Å². The molecule has 0 aliphatic carbocycles. The van der Waals surface area contributed by atoms with Gasteiger partial charge >= 0.3 is 6.18 Å². The first kappa shape index (κ1) is 9.31. The van der Waals surface area contributed by atoms with Gasteiger partial charge < -0.3 is 5.11 Å². The molecule has 0 aliphatic rings. The molecular weight excluding hydrogens is 145 g/mol. The van der Waals surface area contributed by atoms with Gasteiger partial charge in [0.2, 0.25) is 0 Å². The van der Waals surface area contributed by atoms with E-state index in [1.807, 2.05) is 5.92 Å². The molecule has 10 heavy (non-hydrogen) atoms. The van der Waals surface area contributed by atoms with Crippen LogP contribution in [0.2, 0.25) is 0 Å². The molecule has 0 aromatic carbocycles. The first-order chi connectivity index (χ1) is 4.45. The molecule has 1 atom stereocenters. The van der Waals surface area contributed by atoms with Gasteiger partial charge in [-0.2, -0.15) is 13.2 Å². The van der Waals surface area contributed by atoms with Gasteiger partial charge in [0.1, 0.15) is 0 Å². The zero-order valence-electron chi connectivity index (χ0n) is 5.15. The summed E-state index contributed by atoms with van der Waals surface area (Å²) in [6.45, 7) is 0. The van der Waals surface area contributed by atoms with Crippen LogP contribution in [0.1, 0.15) is 12.8 Å². The standard InChI is InChI=1S/C6H7F3O/c1-2-3-5(10)4-6(7,8)9/h1,5,10H,3-4H2. The molecule has 0 aliphatic heterocycles. The van der Waals surface area contributed by atoms with E-state index >= 15 is 0 Å². The highest BCUT2D eigenvalue weighted by atomic mass is 19.4. The Kier molecular flexibility index (Phi) is 3.23. The molecule has 0 saturated carbocycles. The number of alkyl halides is 3. The van der Waals surface area contributed by atoms with Crippen LogP contribution in [0.25, 0.3) is 0 Å². The van der Waals surface area contributed by atoms with Crippen LogP contribution in [0.4, 0.5) is 13.2 Å². The van der Waals surface area contributed by atoms with Crippen molar-refractivity contribution in [2.45, 2.75) is 25.1 Å². The van der Waals surface area contributed by atoms with Crippen LogP contribution in [0.3, 0.4) is 0 Å². The van der Waals surface area contributed by atoms with Gasteiger partial charge in [0.15, 0.2) is 0 Å². The average Bonchev–Trinajstić information content (AvgIpc) is 1.59. The summed E-state index contributed by atoms with van der Waals surface area (Å²) in [6.07, 6.45) is -2.58. The van der Waals surface area contributed by atoms with E-state index in [9.17, 15) is 13.2 Å².